The van der Waals surface area contributed by atoms with E-state index in [4.69, 9.17) is 0 Å². The molecule has 1 aliphatic carbocycles. The van der Waals surface area contributed by atoms with Crippen LogP contribution in [0.2, 0.25) is 0 Å². The second kappa shape index (κ2) is 7.28. The minimum absolute atomic E-state index is 0.249. The summed E-state index contributed by atoms with van der Waals surface area (Å²) in [7, 11) is 0. The molecule has 0 aromatic heterocycles. The first-order valence-corrected chi connectivity index (χ1v) is 11.7. The van der Waals surface area contributed by atoms with Crippen molar-refractivity contribution in [3.05, 3.63) is 126 Å². The standard InChI is InChI=1S/C30H23BN2/c1-3-12-22(13-4-1)32-26-18-9-7-16-24(26)31-25-17-8-10-19-27(25)33(23-14-5-2-6-15-23)29-21-11-20-28(32)30(29)31/h1-9,11-18,20-21H,10,19H2. The largest absolute Gasteiger partial charge is 0.315 e. The van der Waals surface area contributed by atoms with E-state index in [-0.39, 0.29) is 6.71 Å². The average Bonchev–Trinajstić information content (AvgIpc) is 2.89. The van der Waals surface area contributed by atoms with E-state index in [1.54, 1.807) is 0 Å². The summed E-state index contributed by atoms with van der Waals surface area (Å²) in [5.74, 6) is 0. The molecule has 0 atom stereocenters. The highest BCUT2D eigenvalue weighted by atomic mass is 15.2. The van der Waals surface area contributed by atoms with Gasteiger partial charge in [-0.2, -0.15) is 0 Å². The van der Waals surface area contributed by atoms with Gasteiger partial charge in [0, 0.05) is 34.1 Å². The van der Waals surface area contributed by atoms with Gasteiger partial charge in [0.05, 0.1) is 0 Å². The minimum Gasteiger partial charge on any atom is -0.315 e. The van der Waals surface area contributed by atoms with Crippen LogP contribution in [0.5, 0.6) is 0 Å². The molecule has 0 saturated heterocycles. The van der Waals surface area contributed by atoms with E-state index in [2.05, 4.69) is 125 Å². The van der Waals surface area contributed by atoms with Crippen LogP contribution in [-0.4, -0.2) is 6.71 Å². The fourth-order valence-electron chi connectivity index (χ4n) is 5.82. The Kier molecular flexibility index (Phi) is 4.10. The van der Waals surface area contributed by atoms with E-state index < -0.39 is 0 Å². The van der Waals surface area contributed by atoms with Crippen LogP contribution in [0.3, 0.4) is 0 Å². The van der Waals surface area contributed by atoms with Crippen molar-refractivity contribution in [2.75, 3.05) is 9.80 Å². The molecular formula is C30H23BN2. The van der Waals surface area contributed by atoms with Crippen molar-refractivity contribution >= 4 is 46.1 Å². The summed E-state index contributed by atoms with van der Waals surface area (Å²) in [6.07, 6.45) is 6.88. The number of hydrogen-bond acceptors (Lipinski definition) is 2. The molecule has 0 bridgehead atoms. The lowest BCUT2D eigenvalue weighted by atomic mass is 9.32. The Bertz CT molecular complexity index is 1420. The molecule has 0 fully saturated rings. The van der Waals surface area contributed by atoms with Crippen molar-refractivity contribution in [1.29, 1.82) is 0 Å². The molecular weight excluding hydrogens is 399 g/mol. The molecule has 4 aromatic carbocycles. The van der Waals surface area contributed by atoms with Gasteiger partial charge in [0.25, 0.3) is 6.71 Å². The molecule has 2 nitrogen and oxygen atoms in total. The Morgan fingerprint density at radius 1 is 0.576 bits per heavy atom. The molecule has 0 unspecified atom stereocenters. The Hall–Kier alpha value is -3.98. The smallest absolute Gasteiger partial charge is 0.251 e. The number of hydrogen-bond donors (Lipinski definition) is 0. The fourth-order valence-corrected chi connectivity index (χ4v) is 5.82. The average molecular weight is 422 g/mol. The van der Waals surface area contributed by atoms with Crippen LogP contribution >= 0.6 is 0 Å². The predicted molar refractivity (Wildman–Crippen MR) is 140 cm³/mol. The second-order valence-electron chi connectivity index (χ2n) is 8.89. The highest BCUT2D eigenvalue weighted by molar-refractivity contribution is 6.95. The van der Waals surface area contributed by atoms with Crippen molar-refractivity contribution in [1.82, 2.24) is 0 Å². The third kappa shape index (κ3) is 2.69. The lowest BCUT2D eigenvalue weighted by molar-refractivity contribution is 0.908. The number of nitrogens with zero attached hydrogens (tertiary/aromatic N) is 2. The van der Waals surface area contributed by atoms with Gasteiger partial charge in [0.1, 0.15) is 0 Å². The van der Waals surface area contributed by atoms with Crippen LogP contribution in [0.1, 0.15) is 12.8 Å². The highest BCUT2D eigenvalue weighted by Crippen LogP contribution is 2.45. The van der Waals surface area contributed by atoms with Crippen molar-refractivity contribution in [3.63, 3.8) is 0 Å². The number of allylic oxidation sites excluding steroid dienone is 4. The Morgan fingerprint density at radius 2 is 1.18 bits per heavy atom. The normalized spacial score (nSPS) is 15.8. The molecule has 0 amide bonds. The third-order valence-corrected chi connectivity index (χ3v) is 7.11. The van der Waals surface area contributed by atoms with Gasteiger partial charge in [0.15, 0.2) is 0 Å². The summed E-state index contributed by atoms with van der Waals surface area (Å²) in [5.41, 5.74) is 11.9. The summed E-state index contributed by atoms with van der Waals surface area (Å²) < 4.78 is 0. The van der Waals surface area contributed by atoms with Crippen LogP contribution in [-0.2, 0) is 0 Å². The van der Waals surface area contributed by atoms with Crippen molar-refractivity contribution < 1.29 is 0 Å². The van der Waals surface area contributed by atoms with Crippen LogP contribution < -0.4 is 20.7 Å². The van der Waals surface area contributed by atoms with Crippen LogP contribution in [0.25, 0.3) is 0 Å². The summed E-state index contributed by atoms with van der Waals surface area (Å²) in [5, 5.41) is 0. The molecule has 4 aromatic rings. The molecule has 3 heteroatoms. The fraction of sp³-hybridized carbons (Fsp3) is 0.0667. The topological polar surface area (TPSA) is 6.48 Å². The number of para-hydroxylation sites is 3. The van der Waals surface area contributed by atoms with Gasteiger partial charge < -0.3 is 9.80 Å². The first kappa shape index (κ1) is 18.6. The molecule has 0 spiro atoms. The monoisotopic (exact) mass is 422 g/mol. The van der Waals surface area contributed by atoms with Crippen molar-refractivity contribution in [2.24, 2.45) is 0 Å². The number of benzene rings is 4. The van der Waals surface area contributed by atoms with Crippen molar-refractivity contribution in [3.8, 4) is 0 Å². The molecule has 156 valence electrons. The Morgan fingerprint density at radius 3 is 1.94 bits per heavy atom. The van der Waals surface area contributed by atoms with Crippen LogP contribution in [0, 0.1) is 0 Å². The summed E-state index contributed by atoms with van der Waals surface area (Å²) in [4.78, 5) is 4.94. The first-order valence-electron chi connectivity index (χ1n) is 11.7. The van der Waals surface area contributed by atoms with Crippen molar-refractivity contribution in [2.45, 2.75) is 12.8 Å². The van der Waals surface area contributed by atoms with Crippen LogP contribution in [0.15, 0.2) is 126 Å². The Balaban J connectivity index is 1.57. The minimum atomic E-state index is 0.249. The van der Waals surface area contributed by atoms with Gasteiger partial charge in [-0.3, -0.25) is 0 Å². The number of fused-ring (bicyclic) bond motifs is 3. The zero-order valence-corrected chi connectivity index (χ0v) is 18.4. The van der Waals surface area contributed by atoms with Gasteiger partial charge in [-0.15, -0.1) is 0 Å². The number of rotatable bonds is 2. The van der Waals surface area contributed by atoms with E-state index in [9.17, 15) is 0 Å². The SMILES string of the molecule is C1=CC2=C(CC1)N(c1ccccc1)c1cccc3c1B2c1ccccc1N3c1ccccc1. The van der Waals surface area contributed by atoms with Gasteiger partial charge in [-0.05, 0) is 71.7 Å². The van der Waals surface area contributed by atoms with E-state index >= 15 is 0 Å². The highest BCUT2D eigenvalue weighted by Gasteiger charge is 2.43. The quantitative estimate of drug-likeness (QED) is 0.346. The second-order valence-corrected chi connectivity index (χ2v) is 8.89. The predicted octanol–water partition coefficient (Wildman–Crippen LogP) is 6.37. The Labute approximate surface area is 195 Å². The third-order valence-electron chi connectivity index (χ3n) is 7.11. The maximum atomic E-state index is 2.51. The van der Waals surface area contributed by atoms with E-state index in [1.165, 1.54) is 50.5 Å². The molecule has 2 aliphatic heterocycles. The van der Waals surface area contributed by atoms with E-state index in [1.807, 2.05) is 0 Å². The molecule has 33 heavy (non-hydrogen) atoms. The van der Waals surface area contributed by atoms with E-state index in [0.29, 0.717) is 0 Å². The molecule has 0 radical (unpaired) electrons. The zero-order chi connectivity index (χ0) is 21.8. The van der Waals surface area contributed by atoms with Gasteiger partial charge in [-0.25, -0.2) is 0 Å². The number of anilines is 5. The molecule has 0 saturated carbocycles. The molecule has 0 N–H and O–H groups in total. The van der Waals surface area contributed by atoms with Crippen LogP contribution in [0.4, 0.5) is 28.4 Å². The van der Waals surface area contributed by atoms with E-state index in [0.717, 1.165) is 12.8 Å². The summed E-state index contributed by atoms with van der Waals surface area (Å²) in [6.45, 7) is 0.249. The molecule has 3 aliphatic rings. The van der Waals surface area contributed by atoms with Gasteiger partial charge in [0.2, 0.25) is 0 Å². The summed E-state index contributed by atoms with van der Waals surface area (Å²) in [6, 6.07) is 37.3. The lowest BCUT2D eigenvalue weighted by Gasteiger charge is -2.45. The van der Waals surface area contributed by atoms with Gasteiger partial charge in [-0.1, -0.05) is 72.8 Å². The maximum Gasteiger partial charge on any atom is 0.251 e. The maximum absolute atomic E-state index is 2.51. The lowest BCUT2D eigenvalue weighted by Crippen LogP contribution is -2.56. The molecule has 2 heterocycles. The summed E-state index contributed by atoms with van der Waals surface area (Å²) >= 11 is 0. The van der Waals surface area contributed by atoms with Gasteiger partial charge >= 0.3 is 0 Å². The first-order chi connectivity index (χ1) is 16.4. The molecule has 7 rings (SSSR count). The zero-order valence-electron chi connectivity index (χ0n) is 18.4.